The van der Waals surface area contributed by atoms with Gasteiger partial charge in [-0.15, -0.1) is 0 Å². The number of methoxy groups -OCH3 is 2. The number of nitrogens with one attached hydrogen (secondary N) is 1. The number of fused-ring (bicyclic) bond motifs is 4. The highest BCUT2D eigenvalue weighted by Crippen LogP contribution is 2.39. The number of carbonyl (C=O) groups excluding carboxylic acids is 4. The van der Waals surface area contributed by atoms with Crippen LogP contribution in [0.2, 0.25) is 0 Å². The van der Waals surface area contributed by atoms with E-state index in [0.717, 1.165) is 38.6 Å². The molecule has 2 aromatic rings. The summed E-state index contributed by atoms with van der Waals surface area (Å²) >= 11 is 0. The number of ether oxygens (including phenoxy) is 5. The molecule has 244 valence electrons. The second-order valence-corrected chi connectivity index (χ2v) is 11.7. The number of esters is 1. The van der Waals surface area contributed by atoms with E-state index in [-0.39, 0.29) is 42.3 Å². The van der Waals surface area contributed by atoms with Crippen LogP contribution in [0.1, 0.15) is 66.2 Å². The summed E-state index contributed by atoms with van der Waals surface area (Å²) in [6.45, 7) is 3.00. The van der Waals surface area contributed by atoms with Crippen LogP contribution in [0.4, 0.5) is 11.4 Å². The Kier molecular flexibility index (Phi) is 9.00. The predicted octanol–water partition coefficient (Wildman–Crippen LogP) is 3.75. The van der Waals surface area contributed by atoms with Crippen molar-refractivity contribution in [3.05, 3.63) is 35.4 Å². The first-order valence-electron chi connectivity index (χ1n) is 15.6. The van der Waals surface area contributed by atoms with Crippen molar-refractivity contribution >= 4 is 41.3 Å². The molecule has 6 rings (SSSR count). The van der Waals surface area contributed by atoms with Crippen molar-refractivity contribution in [3.8, 4) is 23.0 Å². The third kappa shape index (κ3) is 6.18. The lowest BCUT2D eigenvalue weighted by molar-refractivity contribution is -0.145. The molecule has 13 nitrogen and oxygen atoms in total. The third-order valence-corrected chi connectivity index (χ3v) is 8.71. The Hall–Kier alpha value is -4.81. The summed E-state index contributed by atoms with van der Waals surface area (Å²) < 4.78 is 28.3. The fourth-order valence-corrected chi connectivity index (χ4v) is 6.44. The second-order valence-electron chi connectivity index (χ2n) is 11.7. The first-order chi connectivity index (χ1) is 22.3. The Morgan fingerprint density at radius 1 is 0.891 bits per heavy atom. The molecule has 0 saturated carbocycles. The van der Waals surface area contributed by atoms with E-state index >= 15 is 0 Å². The minimum atomic E-state index is -0.736. The van der Waals surface area contributed by atoms with Crippen LogP contribution < -0.4 is 24.3 Å². The van der Waals surface area contributed by atoms with Crippen molar-refractivity contribution in [3.63, 3.8) is 0 Å². The minimum Gasteiger partial charge on any atom is -0.493 e. The molecule has 0 unspecified atom stereocenters. The monoisotopic (exact) mass is 634 g/mol. The number of rotatable bonds is 11. The van der Waals surface area contributed by atoms with Crippen LogP contribution in [-0.2, 0) is 14.3 Å². The predicted molar refractivity (Wildman–Crippen MR) is 167 cm³/mol. The van der Waals surface area contributed by atoms with E-state index in [1.165, 1.54) is 18.9 Å². The zero-order valence-electron chi connectivity index (χ0n) is 26.2. The summed E-state index contributed by atoms with van der Waals surface area (Å²) in [6, 6.07) is 5.96. The Morgan fingerprint density at radius 3 is 2.26 bits per heavy atom. The average molecular weight is 635 g/mol. The van der Waals surface area contributed by atoms with Gasteiger partial charge in [0.15, 0.2) is 23.0 Å². The van der Waals surface area contributed by atoms with Crippen molar-refractivity contribution in [1.29, 1.82) is 0 Å². The van der Waals surface area contributed by atoms with E-state index in [1.807, 2.05) is 11.1 Å². The molecule has 4 aliphatic heterocycles. The molecule has 0 radical (unpaired) electrons. The van der Waals surface area contributed by atoms with Gasteiger partial charge in [-0.25, -0.2) is 0 Å². The highest BCUT2D eigenvalue weighted by Gasteiger charge is 2.44. The molecule has 4 aliphatic rings. The van der Waals surface area contributed by atoms with Crippen LogP contribution in [0, 0.1) is 0 Å². The van der Waals surface area contributed by atoms with Gasteiger partial charge in [-0.2, -0.15) is 0 Å². The molecule has 2 fully saturated rings. The number of carbonyl (C=O) groups is 4. The number of hydrogen-bond donors (Lipinski definition) is 1. The van der Waals surface area contributed by atoms with Crippen molar-refractivity contribution in [1.82, 2.24) is 9.80 Å². The maximum absolute atomic E-state index is 13.4. The number of benzene rings is 2. The molecule has 0 bridgehead atoms. The Bertz CT molecular complexity index is 1570. The SMILES string of the molecule is COc1cc2c(cc1OCCCCCOc1cc3c(cc1OC)C(=O)N1C[C@H](OC(C)=O)C[C@H]1C(=O)N3)N=C[C@@H]1CCCN1C2=O. The highest BCUT2D eigenvalue weighted by molar-refractivity contribution is 6.11. The molecule has 13 heteroatoms. The third-order valence-electron chi connectivity index (χ3n) is 8.71. The smallest absolute Gasteiger partial charge is 0.302 e. The van der Waals surface area contributed by atoms with Crippen LogP contribution in [0.25, 0.3) is 0 Å². The van der Waals surface area contributed by atoms with Crippen molar-refractivity contribution < 1.29 is 42.9 Å². The molecular formula is C33H38N4O9. The maximum Gasteiger partial charge on any atom is 0.302 e. The van der Waals surface area contributed by atoms with E-state index in [2.05, 4.69) is 10.3 Å². The molecule has 1 N–H and O–H groups in total. The summed E-state index contributed by atoms with van der Waals surface area (Å²) in [6.07, 6.45) is 5.73. The standard InChI is InChI=1S/C33H38N4O9/c1-19(38)46-21-12-26-31(39)35-25-16-30(28(43-3)14-23(25)33(41)37(26)18-21)45-11-6-4-5-10-44-29-15-24-22(13-27(29)42-2)32(40)36-9-7-8-20(36)17-34-24/h13-17,20-21,26H,4-12,18H2,1-3H3,(H,35,39)/t20-,21+,26-/m0/s1. The van der Waals surface area contributed by atoms with Crippen LogP contribution in [0.3, 0.4) is 0 Å². The molecule has 46 heavy (non-hydrogen) atoms. The molecule has 0 aliphatic carbocycles. The molecule has 4 heterocycles. The first-order valence-corrected chi connectivity index (χ1v) is 15.6. The number of aliphatic imine (C=N–C) groups is 1. The maximum atomic E-state index is 13.4. The molecule has 3 amide bonds. The van der Waals surface area contributed by atoms with Crippen LogP contribution >= 0.6 is 0 Å². The lowest BCUT2D eigenvalue weighted by Crippen LogP contribution is -2.40. The molecular weight excluding hydrogens is 596 g/mol. The fourth-order valence-electron chi connectivity index (χ4n) is 6.44. The summed E-state index contributed by atoms with van der Waals surface area (Å²) in [4.78, 5) is 58.7. The van der Waals surface area contributed by atoms with E-state index in [9.17, 15) is 19.2 Å². The van der Waals surface area contributed by atoms with E-state index in [1.54, 1.807) is 31.4 Å². The van der Waals surface area contributed by atoms with E-state index in [0.29, 0.717) is 53.2 Å². The summed E-state index contributed by atoms with van der Waals surface area (Å²) in [7, 11) is 3.04. The van der Waals surface area contributed by atoms with Gasteiger partial charge in [0, 0.05) is 38.2 Å². The summed E-state index contributed by atoms with van der Waals surface area (Å²) in [5.41, 5.74) is 1.73. The van der Waals surface area contributed by atoms with Crippen LogP contribution in [0.15, 0.2) is 29.3 Å². The number of unbranched alkanes of at least 4 members (excludes halogenated alkanes) is 2. The lowest BCUT2D eigenvalue weighted by Gasteiger charge is -2.20. The zero-order valence-corrected chi connectivity index (χ0v) is 26.2. The van der Waals surface area contributed by atoms with Gasteiger partial charge in [0.2, 0.25) is 5.91 Å². The van der Waals surface area contributed by atoms with Gasteiger partial charge < -0.3 is 38.8 Å². The summed E-state index contributed by atoms with van der Waals surface area (Å²) in [5.74, 6) is 0.643. The van der Waals surface area contributed by atoms with Gasteiger partial charge >= 0.3 is 5.97 Å². The van der Waals surface area contributed by atoms with Crippen LogP contribution in [0.5, 0.6) is 23.0 Å². The first kappa shape index (κ1) is 31.2. The molecule has 2 aromatic carbocycles. The van der Waals surface area contributed by atoms with Gasteiger partial charge in [0.05, 0.1) is 62.5 Å². The van der Waals surface area contributed by atoms with Gasteiger partial charge in [-0.3, -0.25) is 24.2 Å². The molecule has 2 saturated heterocycles. The normalized spacial score (nSPS) is 21.4. The average Bonchev–Trinajstić information content (AvgIpc) is 3.65. The Labute approximate surface area is 266 Å². The number of hydrogen-bond acceptors (Lipinski definition) is 10. The van der Waals surface area contributed by atoms with Gasteiger partial charge in [0.25, 0.3) is 11.8 Å². The van der Waals surface area contributed by atoms with Crippen molar-refractivity contribution in [2.45, 2.75) is 63.6 Å². The van der Waals surface area contributed by atoms with Gasteiger partial charge in [0.1, 0.15) is 12.1 Å². The Balaban J connectivity index is 1.02. The topological polar surface area (TPSA) is 145 Å². The van der Waals surface area contributed by atoms with Crippen molar-refractivity contribution in [2.24, 2.45) is 4.99 Å². The number of amides is 3. The molecule has 0 spiro atoms. The summed E-state index contributed by atoms with van der Waals surface area (Å²) in [5, 5.41) is 2.83. The molecule has 0 aromatic heterocycles. The second kappa shape index (κ2) is 13.3. The quantitative estimate of drug-likeness (QED) is 0.289. The minimum absolute atomic E-state index is 0.0326. The number of nitrogens with zero attached hydrogens (tertiary/aromatic N) is 3. The van der Waals surface area contributed by atoms with Crippen molar-refractivity contribution in [2.75, 3.05) is 45.8 Å². The van der Waals surface area contributed by atoms with E-state index in [4.69, 9.17) is 23.7 Å². The van der Waals surface area contributed by atoms with Crippen LogP contribution in [-0.4, -0.2) is 98.4 Å². The lowest BCUT2D eigenvalue weighted by atomic mass is 10.1. The fraction of sp³-hybridized carbons (Fsp3) is 0.485. The highest BCUT2D eigenvalue weighted by atomic mass is 16.5. The van der Waals surface area contributed by atoms with Gasteiger partial charge in [-0.1, -0.05) is 0 Å². The largest absolute Gasteiger partial charge is 0.493 e. The Morgan fingerprint density at radius 2 is 1.57 bits per heavy atom. The van der Waals surface area contributed by atoms with E-state index < -0.39 is 18.1 Å². The molecule has 3 atom stereocenters. The van der Waals surface area contributed by atoms with Gasteiger partial charge in [-0.05, 0) is 44.2 Å². The zero-order chi connectivity index (χ0) is 32.4. The number of anilines is 1.